The number of aromatic nitrogens is 3. The van der Waals surface area contributed by atoms with Gasteiger partial charge in [0.25, 0.3) is 0 Å². The van der Waals surface area contributed by atoms with Crippen LogP contribution in [0.4, 0.5) is 0 Å². The van der Waals surface area contributed by atoms with Gasteiger partial charge in [0, 0.05) is 12.6 Å². The van der Waals surface area contributed by atoms with Gasteiger partial charge >= 0.3 is 0 Å². The highest BCUT2D eigenvalue weighted by Gasteiger charge is 2.22. The number of nitrogens with one attached hydrogen (secondary N) is 1. The smallest absolute Gasteiger partial charge is 0.243 e. The number of aromatic amines is 1. The van der Waals surface area contributed by atoms with Gasteiger partial charge in [0.05, 0.1) is 11.4 Å². The van der Waals surface area contributed by atoms with Gasteiger partial charge in [-0.25, -0.2) is 13.4 Å². The molecule has 0 bridgehead atoms. The number of hydrogen-bond donors (Lipinski definition) is 1. The number of hydrogen-bond acceptors (Lipinski definition) is 5. The van der Waals surface area contributed by atoms with Crippen LogP contribution in [0.1, 0.15) is 28.9 Å². The first kappa shape index (κ1) is 15.3. The summed E-state index contributed by atoms with van der Waals surface area (Å²) in [4.78, 5) is 15.4. The first-order valence-electron chi connectivity index (χ1n) is 6.26. The molecule has 0 aliphatic rings. The fourth-order valence-electron chi connectivity index (χ4n) is 1.79. The van der Waals surface area contributed by atoms with Crippen LogP contribution in [0.3, 0.4) is 0 Å². The van der Waals surface area contributed by atoms with Crippen LogP contribution in [-0.4, -0.2) is 40.7 Å². The maximum atomic E-state index is 12.4. The van der Waals surface area contributed by atoms with Crippen LogP contribution in [0.25, 0.3) is 0 Å². The molecule has 0 spiro atoms. The van der Waals surface area contributed by atoms with Gasteiger partial charge in [-0.2, -0.15) is 9.40 Å². The van der Waals surface area contributed by atoms with E-state index in [1.807, 2.05) is 0 Å². The van der Waals surface area contributed by atoms with Crippen molar-refractivity contribution in [2.75, 3.05) is 7.05 Å². The Kier molecular flexibility index (Phi) is 4.19. The number of aryl methyl sites for hydroxylation is 1. The minimum atomic E-state index is -3.64. The molecular weight excluding hydrogens is 292 g/mol. The lowest BCUT2D eigenvalue weighted by atomic mass is 10.2. The predicted octanol–water partition coefficient (Wildman–Crippen LogP) is 1.14. The summed E-state index contributed by atoms with van der Waals surface area (Å²) in [5.41, 5.74) is 0.473. The van der Waals surface area contributed by atoms with Crippen LogP contribution >= 0.6 is 0 Å². The summed E-state index contributed by atoms with van der Waals surface area (Å²) in [5.74, 6) is 0.920. The number of benzene rings is 1. The van der Waals surface area contributed by atoms with Gasteiger partial charge in [-0.15, -0.1) is 0 Å². The third-order valence-electron chi connectivity index (χ3n) is 2.98. The normalized spacial score (nSPS) is 11.8. The summed E-state index contributed by atoms with van der Waals surface area (Å²) >= 11 is 0. The molecule has 21 heavy (non-hydrogen) atoms. The second-order valence-electron chi connectivity index (χ2n) is 4.68. The highest BCUT2D eigenvalue weighted by Crippen LogP contribution is 2.16. The third-order valence-corrected chi connectivity index (χ3v) is 4.79. The molecule has 0 aliphatic heterocycles. The zero-order valence-electron chi connectivity index (χ0n) is 12.0. The molecule has 1 aromatic heterocycles. The second kappa shape index (κ2) is 5.74. The minimum absolute atomic E-state index is 0.0706. The van der Waals surface area contributed by atoms with Gasteiger partial charge in [-0.3, -0.25) is 9.89 Å². The summed E-state index contributed by atoms with van der Waals surface area (Å²) in [6, 6.07) is 5.84. The van der Waals surface area contributed by atoms with Gasteiger partial charge < -0.3 is 0 Å². The van der Waals surface area contributed by atoms with Crippen molar-refractivity contribution in [3.05, 3.63) is 41.5 Å². The van der Waals surface area contributed by atoms with Crippen molar-refractivity contribution >= 4 is 15.8 Å². The Morgan fingerprint density at radius 1 is 1.29 bits per heavy atom. The molecule has 8 heteroatoms. The van der Waals surface area contributed by atoms with E-state index in [1.54, 1.807) is 6.92 Å². The number of ketones is 1. The van der Waals surface area contributed by atoms with Gasteiger partial charge in [-0.05, 0) is 26.0 Å². The molecular formula is C13H16N4O3S. The number of Topliss-reactive ketones (excluding diaryl/α,β-unsaturated/α-hetero) is 1. The Labute approximate surface area is 123 Å². The Morgan fingerprint density at radius 2 is 1.90 bits per heavy atom. The van der Waals surface area contributed by atoms with Crippen LogP contribution < -0.4 is 0 Å². The lowest BCUT2D eigenvalue weighted by molar-refractivity contribution is 0.101. The quantitative estimate of drug-likeness (QED) is 0.835. The topological polar surface area (TPSA) is 96.0 Å². The maximum Gasteiger partial charge on any atom is 0.243 e. The first-order valence-corrected chi connectivity index (χ1v) is 7.70. The molecule has 0 saturated heterocycles. The summed E-state index contributed by atoms with van der Waals surface area (Å²) in [5, 5.41) is 6.58. The fraction of sp³-hybridized carbons (Fsp3) is 0.308. The molecule has 2 aromatic rings. The van der Waals surface area contributed by atoms with Crippen molar-refractivity contribution < 1.29 is 13.2 Å². The zero-order chi connectivity index (χ0) is 15.6. The molecule has 7 nitrogen and oxygen atoms in total. The first-order chi connectivity index (χ1) is 9.80. The number of sulfonamides is 1. The summed E-state index contributed by atoms with van der Waals surface area (Å²) < 4.78 is 26.0. The predicted molar refractivity (Wildman–Crippen MR) is 76.2 cm³/mol. The maximum absolute atomic E-state index is 12.4. The molecule has 112 valence electrons. The van der Waals surface area contributed by atoms with Gasteiger partial charge in [-0.1, -0.05) is 12.1 Å². The summed E-state index contributed by atoms with van der Waals surface area (Å²) in [6.45, 7) is 3.24. The monoisotopic (exact) mass is 308 g/mol. The zero-order valence-corrected chi connectivity index (χ0v) is 12.8. The van der Waals surface area contributed by atoms with Crippen molar-refractivity contribution in [2.24, 2.45) is 0 Å². The van der Waals surface area contributed by atoms with E-state index in [0.29, 0.717) is 17.2 Å². The SMILES string of the molecule is CC(=O)c1ccc(S(=O)(=O)N(C)Cc2n[nH]c(C)n2)cc1. The van der Waals surface area contributed by atoms with Crippen molar-refractivity contribution in [3.63, 3.8) is 0 Å². The fourth-order valence-corrected chi connectivity index (χ4v) is 2.91. The minimum Gasteiger partial charge on any atom is -0.295 e. The average Bonchev–Trinajstić information content (AvgIpc) is 2.84. The number of carbonyl (C=O) groups excluding carboxylic acids is 1. The molecule has 0 atom stereocenters. The van der Waals surface area contributed by atoms with Gasteiger partial charge in [0.15, 0.2) is 11.6 Å². The van der Waals surface area contributed by atoms with Crippen LogP contribution in [0.15, 0.2) is 29.2 Å². The molecule has 0 aliphatic carbocycles. The number of rotatable bonds is 5. The van der Waals surface area contributed by atoms with Crippen LogP contribution in [0.2, 0.25) is 0 Å². The van der Waals surface area contributed by atoms with Crippen LogP contribution in [-0.2, 0) is 16.6 Å². The van der Waals surface area contributed by atoms with Crippen LogP contribution in [0.5, 0.6) is 0 Å². The van der Waals surface area contributed by atoms with Gasteiger partial charge in [0.2, 0.25) is 10.0 Å². The highest BCUT2D eigenvalue weighted by molar-refractivity contribution is 7.89. The molecule has 1 N–H and O–H groups in total. The Balaban J connectivity index is 2.22. The Bertz CT molecular complexity index is 750. The second-order valence-corrected chi connectivity index (χ2v) is 6.72. The molecule has 0 unspecified atom stereocenters. The van der Waals surface area contributed by atoms with E-state index in [0.717, 1.165) is 0 Å². The van der Waals surface area contributed by atoms with Crippen molar-refractivity contribution in [1.82, 2.24) is 19.5 Å². The summed E-state index contributed by atoms with van der Waals surface area (Å²) in [6.07, 6.45) is 0. The molecule has 2 rings (SSSR count). The van der Waals surface area contributed by atoms with Crippen LogP contribution in [0, 0.1) is 6.92 Å². The summed E-state index contributed by atoms with van der Waals surface area (Å²) in [7, 11) is -2.18. The van der Waals surface area contributed by atoms with E-state index in [-0.39, 0.29) is 17.2 Å². The lowest BCUT2D eigenvalue weighted by Gasteiger charge is -2.15. The Morgan fingerprint density at radius 3 is 2.38 bits per heavy atom. The molecule has 0 radical (unpaired) electrons. The molecule has 1 heterocycles. The largest absolute Gasteiger partial charge is 0.295 e. The molecule has 0 saturated carbocycles. The highest BCUT2D eigenvalue weighted by atomic mass is 32.2. The van der Waals surface area contributed by atoms with E-state index in [1.165, 1.54) is 42.5 Å². The van der Waals surface area contributed by atoms with Crippen molar-refractivity contribution in [1.29, 1.82) is 0 Å². The average molecular weight is 308 g/mol. The van der Waals surface area contributed by atoms with E-state index in [9.17, 15) is 13.2 Å². The molecule has 1 aromatic carbocycles. The van der Waals surface area contributed by atoms with E-state index < -0.39 is 10.0 Å². The van der Waals surface area contributed by atoms with E-state index >= 15 is 0 Å². The Hall–Kier alpha value is -2.06. The lowest BCUT2D eigenvalue weighted by Crippen LogP contribution is -2.27. The molecule has 0 amide bonds. The van der Waals surface area contributed by atoms with Crippen molar-refractivity contribution in [2.45, 2.75) is 25.3 Å². The number of nitrogens with zero attached hydrogens (tertiary/aromatic N) is 3. The standard InChI is InChI=1S/C13H16N4O3S/c1-9(18)11-4-6-12(7-5-11)21(19,20)17(3)8-13-14-10(2)15-16-13/h4-7H,8H2,1-3H3,(H,14,15,16). The van der Waals surface area contributed by atoms with Gasteiger partial charge in [0.1, 0.15) is 5.82 Å². The number of carbonyl (C=O) groups is 1. The van der Waals surface area contributed by atoms with Crippen molar-refractivity contribution in [3.8, 4) is 0 Å². The van der Waals surface area contributed by atoms with E-state index in [4.69, 9.17) is 0 Å². The molecule has 0 fully saturated rings. The van der Waals surface area contributed by atoms with E-state index in [2.05, 4.69) is 15.2 Å². The third kappa shape index (κ3) is 3.34. The number of H-pyrrole nitrogens is 1.